The highest BCUT2D eigenvalue weighted by Crippen LogP contribution is 2.19. The summed E-state index contributed by atoms with van der Waals surface area (Å²) in [6, 6.07) is 15.7. The van der Waals surface area contributed by atoms with E-state index in [0.717, 1.165) is 46.0 Å². The minimum Gasteiger partial charge on any atom is -0.341 e. The Kier molecular flexibility index (Phi) is 7.78. The molecule has 0 amide bonds. The van der Waals surface area contributed by atoms with Crippen molar-refractivity contribution in [2.24, 2.45) is 10.2 Å². The van der Waals surface area contributed by atoms with Gasteiger partial charge in [0.25, 0.3) is 0 Å². The molecule has 2 heterocycles. The molecule has 164 valence electrons. The van der Waals surface area contributed by atoms with Gasteiger partial charge in [-0.3, -0.25) is 0 Å². The lowest BCUT2D eigenvalue weighted by atomic mass is 10.1. The van der Waals surface area contributed by atoms with E-state index in [4.69, 9.17) is 0 Å². The number of hydrogen-bond acceptors (Lipinski definition) is 8. The molecule has 3 aromatic rings. The van der Waals surface area contributed by atoms with Crippen LogP contribution in [0.3, 0.4) is 0 Å². The largest absolute Gasteiger partial charge is 0.341 e. The molecule has 1 fully saturated rings. The number of nitrogens with one attached hydrogen (secondary N) is 2. The van der Waals surface area contributed by atoms with Crippen LogP contribution in [0.5, 0.6) is 0 Å². The van der Waals surface area contributed by atoms with Crippen LogP contribution in [0.1, 0.15) is 30.4 Å². The van der Waals surface area contributed by atoms with E-state index in [9.17, 15) is 0 Å². The maximum atomic E-state index is 4.56. The van der Waals surface area contributed by atoms with E-state index in [1.807, 2.05) is 48.5 Å². The third-order valence-corrected chi connectivity index (χ3v) is 6.25. The monoisotopic (exact) mass is 556 g/mol. The number of rotatable bonds is 7. The standard InChI is InChI=1S/C22H22Br2N8/c23-18-10-4-2-8-16(18)14-25-30-20-27-21(29-22(28-20)32-12-6-1-7-13-32)31-26-15-17-9-3-5-11-19(17)24/h2-5,8-11,14-15H,1,6-7,12-13H2,(H2,27,28,29,30,31)/b25-14+,26-15+. The third-order valence-electron chi connectivity index (χ3n) is 4.81. The maximum absolute atomic E-state index is 4.56. The van der Waals surface area contributed by atoms with Crippen molar-refractivity contribution in [1.29, 1.82) is 0 Å². The molecule has 1 aliphatic rings. The fourth-order valence-corrected chi connectivity index (χ4v) is 3.95. The molecular formula is C22H22Br2N8. The SMILES string of the molecule is Brc1ccccc1/C=N/Nc1nc(N/N=C/c2ccccc2Br)nc(N2CCCCC2)n1. The molecule has 2 aromatic carbocycles. The van der Waals surface area contributed by atoms with Crippen molar-refractivity contribution >= 4 is 62.1 Å². The summed E-state index contributed by atoms with van der Waals surface area (Å²) in [5.74, 6) is 1.31. The third kappa shape index (κ3) is 6.10. The average Bonchev–Trinajstić information content (AvgIpc) is 2.82. The van der Waals surface area contributed by atoms with Crippen LogP contribution in [0.2, 0.25) is 0 Å². The number of nitrogens with zero attached hydrogens (tertiary/aromatic N) is 6. The smallest absolute Gasteiger partial charge is 0.250 e. The van der Waals surface area contributed by atoms with Gasteiger partial charge in [-0.1, -0.05) is 68.3 Å². The number of halogens is 2. The molecule has 2 N–H and O–H groups in total. The van der Waals surface area contributed by atoms with Crippen LogP contribution in [0, 0.1) is 0 Å². The molecule has 0 atom stereocenters. The lowest BCUT2D eigenvalue weighted by Gasteiger charge is -2.26. The fourth-order valence-electron chi connectivity index (χ4n) is 3.18. The van der Waals surface area contributed by atoms with Gasteiger partial charge in [0.15, 0.2) is 0 Å². The molecule has 0 saturated carbocycles. The Morgan fingerprint density at radius 2 is 1.22 bits per heavy atom. The quantitative estimate of drug-likeness (QED) is 0.303. The van der Waals surface area contributed by atoms with Crippen molar-refractivity contribution < 1.29 is 0 Å². The predicted octanol–water partition coefficient (Wildman–Crippen LogP) is 5.28. The van der Waals surface area contributed by atoms with Crippen molar-refractivity contribution in [1.82, 2.24) is 15.0 Å². The summed E-state index contributed by atoms with van der Waals surface area (Å²) >= 11 is 7.03. The van der Waals surface area contributed by atoms with Crippen molar-refractivity contribution in [2.75, 3.05) is 28.8 Å². The molecule has 1 aromatic heterocycles. The molecule has 0 bridgehead atoms. The minimum atomic E-state index is 0.350. The van der Waals surface area contributed by atoms with Gasteiger partial charge in [0.05, 0.1) is 12.4 Å². The molecule has 0 radical (unpaired) electrons. The van der Waals surface area contributed by atoms with Crippen molar-refractivity contribution in [3.63, 3.8) is 0 Å². The van der Waals surface area contributed by atoms with Gasteiger partial charge in [0, 0.05) is 33.2 Å². The van der Waals surface area contributed by atoms with Crippen LogP contribution in [0.15, 0.2) is 67.7 Å². The molecular weight excluding hydrogens is 536 g/mol. The molecule has 1 saturated heterocycles. The van der Waals surface area contributed by atoms with Gasteiger partial charge in [0.2, 0.25) is 17.8 Å². The molecule has 1 aliphatic heterocycles. The summed E-state index contributed by atoms with van der Waals surface area (Å²) in [4.78, 5) is 15.7. The second kappa shape index (κ2) is 11.1. The van der Waals surface area contributed by atoms with Gasteiger partial charge in [-0.25, -0.2) is 10.9 Å². The highest BCUT2D eigenvalue weighted by Gasteiger charge is 2.16. The van der Waals surface area contributed by atoms with E-state index < -0.39 is 0 Å². The van der Waals surface area contributed by atoms with Gasteiger partial charge in [-0.2, -0.15) is 25.2 Å². The van der Waals surface area contributed by atoms with Crippen LogP contribution in [-0.4, -0.2) is 40.5 Å². The highest BCUT2D eigenvalue weighted by atomic mass is 79.9. The van der Waals surface area contributed by atoms with E-state index >= 15 is 0 Å². The first-order valence-corrected chi connectivity index (χ1v) is 11.9. The summed E-state index contributed by atoms with van der Waals surface area (Å²) in [6.07, 6.45) is 6.90. The van der Waals surface area contributed by atoms with E-state index in [2.05, 4.69) is 72.8 Å². The molecule has 4 rings (SSSR count). The van der Waals surface area contributed by atoms with E-state index in [1.165, 1.54) is 6.42 Å². The highest BCUT2D eigenvalue weighted by molar-refractivity contribution is 9.10. The topological polar surface area (TPSA) is 90.7 Å². The van der Waals surface area contributed by atoms with Crippen molar-refractivity contribution in [3.8, 4) is 0 Å². The normalized spacial score (nSPS) is 14.2. The molecule has 0 unspecified atom stereocenters. The number of piperidine rings is 1. The van der Waals surface area contributed by atoms with Crippen LogP contribution in [0.4, 0.5) is 17.8 Å². The Labute approximate surface area is 203 Å². The van der Waals surface area contributed by atoms with Crippen LogP contribution >= 0.6 is 31.9 Å². The number of aromatic nitrogens is 3. The summed E-state index contributed by atoms with van der Waals surface area (Å²) in [5, 5.41) is 8.58. The zero-order valence-electron chi connectivity index (χ0n) is 17.2. The van der Waals surface area contributed by atoms with Gasteiger partial charge >= 0.3 is 0 Å². The first kappa shape index (κ1) is 22.3. The molecule has 10 heteroatoms. The van der Waals surface area contributed by atoms with Crippen LogP contribution in [-0.2, 0) is 0 Å². The zero-order valence-corrected chi connectivity index (χ0v) is 20.4. The minimum absolute atomic E-state index is 0.350. The van der Waals surface area contributed by atoms with E-state index in [0.29, 0.717) is 17.8 Å². The first-order chi connectivity index (χ1) is 15.7. The Hall–Kier alpha value is -2.85. The second-order valence-electron chi connectivity index (χ2n) is 7.11. The zero-order chi connectivity index (χ0) is 22.2. The van der Waals surface area contributed by atoms with Gasteiger partial charge in [-0.15, -0.1) is 0 Å². The Balaban J connectivity index is 1.53. The Morgan fingerprint density at radius 3 is 1.72 bits per heavy atom. The number of anilines is 3. The number of hydrogen-bond donors (Lipinski definition) is 2. The van der Waals surface area contributed by atoms with Crippen LogP contribution < -0.4 is 15.8 Å². The molecule has 0 spiro atoms. The summed E-state index contributed by atoms with van der Waals surface area (Å²) in [5.41, 5.74) is 7.73. The summed E-state index contributed by atoms with van der Waals surface area (Å²) in [7, 11) is 0. The van der Waals surface area contributed by atoms with Gasteiger partial charge in [-0.05, 0) is 31.4 Å². The van der Waals surface area contributed by atoms with Crippen LogP contribution in [0.25, 0.3) is 0 Å². The summed E-state index contributed by atoms with van der Waals surface area (Å²) in [6.45, 7) is 1.84. The fraction of sp³-hybridized carbons (Fsp3) is 0.227. The molecule has 0 aliphatic carbocycles. The summed E-state index contributed by atoms with van der Waals surface area (Å²) < 4.78 is 1.91. The molecule has 8 nitrogen and oxygen atoms in total. The lowest BCUT2D eigenvalue weighted by molar-refractivity contribution is 0.568. The number of benzene rings is 2. The number of hydrazone groups is 2. The second-order valence-corrected chi connectivity index (χ2v) is 8.82. The van der Waals surface area contributed by atoms with Crippen molar-refractivity contribution in [3.05, 3.63) is 68.6 Å². The first-order valence-electron chi connectivity index (χ1n) is 10.3. The van der Waals surface area contributed by atoms with Gasteiger partial charge < -0.3 is 4.90 Å². The van der Waals surface area contributed by atoms with Crippen molar-refractivity contribution in [2.45, 2.75) is 19.3 Å². The maximum Gasteiger partial charge on any atom is 0.250 e. The predicted molar refractivity (Wildman–Crippen MR) is 137 cm³/mol. The lowest BCUT2D eigenvalue weighted by Crippen LogP contribution is -2.31. The van der Waals surface area contributed by atoms with E-state index in [1.54, 1.807) is 12.4 Å². The Bertz CT molecular complexity index is 1040. The van der Waals surface area contributed by atoms with E-state index in [-0.39, 0.29) is 0 Å². The average molecular weight is 558 g/mol. The molecule has 32 heavy (non-hydrogen) atoms. The Morgan fingerprint density at radius 1 is 0.719 bits per heavy atom. The van der Waals surface area contributed by atoms with Gasteiger partial charge in [0.1, 0.15) is 0 Å².